The summed E-state index contributed by atoms with van der Waals surface area (Å²) in [4.78, 5) is 10.7. The predicted molar refractivity (Wildman–Crippen MR) is 62.3 cm³/mol. The second-order valence-electron chi connectivity index (χ2n) is 3.16. The lowest BCUT2D eigenvalue weighted by Crippen LogP contribution is -2.13. The van der Waals surface area contributed by atoms with E-state index in [9.17, 15) is 18.0 Å². The molecule has 0 heterocycles. The zero-order valence-electron chi connectivity index (χ0n) is 8.42. The van der Waals surface area contributed by atoms with Crippen molar-refractivity contribution in [2.45, 2.75) is 12.6 Å². The third kappa shape index (κ3) is 4.80. The molecule has 1 aromatic rings. The van der Waals surface area contributed by atoms with Gasteiger partial charge in [-0.2, -0.15) is 13.2 Å². The number of carboxylic acid groups (broad SMARTS) is 1. The number of rotatable bonds is 4. The van der Waals surface area contributed by atoms with E-state index >= 15 is 0 Å². The van der Waals surface area contributed by atoms with E-state index in [1.807, 2.05) is 22.6 Å². The molecule has 0 aliphatic heterocycles. The maximum absolute atomic E-state index is 11.9. The summed E-state index contributed by atoms with van der Waals surface area (Å²) < 4.78 is 41.1. The van der Waals surface area contributed by atoms with Gasteiger partial charge in [-0.3, -0.25) is 0 Å². The van der Waals surface area contributed by atoms with E-state index in [-0.39, 0.29) is 11.3 Å². The second-order valence-corrected chi connectivity index (χ2v) is 4.33. The van der Waals surface area contributed by atoms with Gasteiger partial charge in [0.05, 0.1) is 22.2 Å². The van der Waals surface area contributed by atoms with Crippen molar-refractivity contribution < 1.29 is 27.8 Å². The quantitative estimate of drug-likeness (QED) is 0.839. The van der Waals surface area contributed by atoms with Crippen LogP contribution in [0.15, 0.2) is 18.2 Å². The fraction of sp³-hybridized carbons (Fsp3) is 0.300. The number of carboxylic acids is 1. The van der Waals surface area contributed by atoms with Crippen molar-refractivity contribution in [2.24, 2.45) is 0 Å². The number of benzene rings is 1. The van der Waals surface area contributed by atoms with Gasteiger partial charge in [0.2, 0.25) is 0 Å². The molecular weight excluding hydrogens is 352 g/mol. The fourth-order valence-electron chi connectivity index (χ4n) is 1.02. The molecule has 0 saturated heterocycles. The van der Waals surface area contributed by atoms with Gasteiger partial charge in [0.1, 0.15) is 5.75 Å². The van der Waals surface area contributed by atoms with Crippen molar-refractivity contribution in [1.82, 2.24) is 0 Å². The summed E-state index contributed by atoms with van der Waals surface area (Å²) in [6.07, 6.45) is -5.35. The highest BCUT2D eigenvalue weighted by Gasteiger charge is 2.27. The Bertz CT molecular complexity index is 418. The van der Waals surface area contributed by atoms with Crippen LogP contribution in [0.5, 0.6) is 5.75 Å². The van der Waals surface area contributed by atoms with Gasteiger partial charge < -0.3 is 9.84 Å². The van der Waals surface area contributed by atoms with Crippen LogP contribution in [0.2, 0.25) is 0 Å². The van der Waals surface area contributed by atoms with E-state index in [0.717, 1.165) is 0 Å². The number of carbonyl (C=O) groups is 1. The van der Waals surface area contributed by atoms with Gasteiger partial charge in [-0.1, -0.05) is 0 Å². The van der Waals surface area contributed by atoms with Crippen molar-refractivity contribution in [3.63, 3.8) is 0 Å². The van der Waals surface area contributed by atoms with Crippen LogP contribution in [-0.4, -0.2) is 23.9 Å². The van der Waals surface area contributed by atoms with Gasteiger partial charge in [0.25, 0.3) is 0 Å². The molecule has 0 unspecified atom stereocenters. The molecule has 0 bridgehead atoms. The first-order chi connectivity index (χ1) is 7.79. The van der Waals surface area contributed by atoms with Gasteiger partial charge >= 0.3 is 12.1 Å². The lowest BCUT2D eigenvalue weighted by molar-refractivity contribution is -0.139. The molecule has 0 aromatic heterocycles. The maximum atomic E-state index is 11.9. The number of alkyl halides is 3. The average Bonchev–Trinajstić information content (AvgIpc) is 2.18. The van der Waals surface area contributed by atoms with Crippen molar-refractivity contribution in [2.75, 3.05) is 6.61 Å². The molecule has 1 aromatic carbocycles. The lowest BCUT2D eigenvalue weighted by Gasteiger charge is -2.10. The monoisotopic (exact) mass is 360 g/mol. The molecule has 1 N–H and O–H groups in total. The van der Waals surface area contributed by atoms with Crippen LogP contribution >= 0.6 is 22.6 Å². The SMILES string of the molecule is O=C(O)c1ccc(I)c(OCCC(F)(F)F)c1. The van der Waals surface area contributed by atoms with Crippen LogP contribution in [0, 0.1) is 3.57 Å². The van der Waals surface area contributed by atoms with Gasteiger partial charge in [-0.05, 0) is 40.8 Å². The molecule has 1 rings (SSSR count). The zero-order valence-corrected chi connectivity index (χ0v) is 10.6. The van der Waals surface area contributed by atoms with Crippen LogP contribution in [0.25, 0.3) is 0 Å². The molecule has 94 valence electrons. The number of hydrogen-bond acceptors (Lipinski definition) is 2. The molecule has 0 aliphatic carbocycles. The van der Waals surface area contributed by atoms with Gasteiger partial charge in [-0.25, -0.2) is 4.79 Å². The molecule has 0 fully saturated rings. The maximum Gasteiger partial charge on any atom is 0.392 e. The first kappa shape index (κ1) is 14.1. The summed E-state index contributed by atoms with van der Waals surface area (Å²) in [7, 11) is 0. The van der Waals surface area contributed by atoms with Crippen molar-refractivity contribution in [1.29, 1.82) is 0 Å². The number of hydrogen-bond donors (Lipinski definition) is 1. The molecule has 0 spiro atoms. The Morgan fingerprint density at radius 3 is 2.59 bits per heavy atom. The minimum absolute atomic E-state index is 0.0209. The van der Waals surface area contributed by atoms with Crippen molar-refractivity contribution in [3.05, 3.63) is 27.3 Å². The second kappa shape index (κ2) is 5.56. The predicted octanol–water partition coefficient (Wildman–Crippen LogP) is 3.32. The third-order valence-corrected chi connectivity index (χ3v) is 2.71. The third-order valence-electron chi connectivity index (χ3n) is 1.82. The molecular formula is C10H8F3IO3. The Balaban J connectivity index is 2.70. The summed E-state index contributed by atoms with van der Waals surface area (Å²) >= 11 is 1.86. The van der Waals surface area contributed by atoms with Crippen LogP contribution < -0.4 is 4.74 Å². The Hall–Kier alpha value is -0.990. The van der Waals surface area contributed by atoms with E-state index in [1.165, 1.54) is 18.2 Å². The summed E-state index contributed by atoms with van der Waals surface area (Å²) in [5.41, 5.74) is -0.0209. The largest absolute Gasteiger partial charge is 0.492 e. The number of aromatic carboxylic acids is 1. The summed E-state index contributed by atoms with van der Waals surface area (Å²) in [5.74, 6) is -1.00. The minimum Gasteiger partial charge on any atom is -0.492 e. The standard InChI is InChI=1S/C10H8F3IO3/c11-10(12,13)3-4-17-8-5-6(9(15)16)1-2-7(8)14/h1-2,5H,3-4H2,(H,15,16). The van der Waals surface area contributed by atoms with Gasteiger partial charge in [0.15, 0.2) is 0 Å². The van der Waals surface area contributed by atoms with E-state index in [4.69, 9.17) is 9.84 Å². The van der Waals surface area contributed by atoms with Crippen LogP contribution in [-0.2, 0) is 0 Å². The summed E-state index contributed by atoms with van der Waals surface area (Å²) in [6.45, 7) is -0.525. The molecule has 7 heteroatoms. The highest BCUT2D eigenvalue weighted by Crippen LogP contribution is 2.24. The number of halogens is 4. The molecule has 0 saturated carbocycles. The van der Waals surface area contributed by atoms with E-state index < -0.39 is 25.2 Å². The van der Waals surface area contributed by atoms with Gasteiger partial charge in [-0.15, -0.1) is 0 Å². The van der Waals surface area contributed by atoms with E-state index in [2.05, 4.69) is 0 Å². The fourth-order valence-corrected chi connectivity index (χ4v) is 1.51. The first-order valence-electron chi connectivity index (χ1n) is 4.52. The Morgan fingerprint density at radius 1 is 1.41 bits per heavy atom. The molecule has 0 radical (unpaired) electrons. The molecule has 0 amide bonds. The normalized spacial score (nSPS) is 11.3. The summed E-state index contributed by atoms with van der Waals surface area (Å²) in [6, 6.07) is 4.05. The molecule has 0 atom stereocenters. The zero-order chi connectivity index (χ0) is 13.1. The summed E-state index contributed by atoms with van der Waals surface area (Å²) in [5, 5.41) is 8.72. The number of ether oxygens (including phenoxy) is 1. The topological polar surface area (TPSA) is 46.5 Å². The molecule has 0 aliphatic rings. The Morgan fingerprint density at radius 2 is 2.06 bits per heavy atom. The minimum atomic E-state index is -4.28. The van der Waals surface area contributed by atoms with Crippen LogP contribution in [0.3, 0.4) is 0 Å². The Labute approximate surface area is 109 Å². The first-order valence-corrected chi connectivity index (χ1v) is 5.60. The molecule has 3 nitrogen and oxygen atoms in total. The van der Waals surface area contributed by atoms with Gasteiger partial charge in [0, 0.05) is 0 Å². The molecule has 17 heavy (non-hydrogen) atoms. The highest BCUT2D eigenvalue weighted by atomic mass is 127. The van der Waals surface area contributed by atoms with Crippen molar-refractivity contribution in [3.8, 4) is 5.75 Å². The smallest absolute Gasteiger partial charge is 0.392 e. The Kier molecular flexibility index (Phi) is 4.61. The van der Waals surface area contributed by atoms with Crippen LogP contribution in [0.1, 0.15) is 16.8 Å². The van der Waals surface area contributed by atoms with E-state index in [0.29, 0.717) is 3.57 Å². The highest BCUT2D eigenvalue weighted by molar-refractivity contribution is 14.1. The van der Waals surface area contributed by atoms with Crippen molar-refractivity contribution >= 4 is 28.6 Å². The van der Waals surface area contributed by atoms with Crippen LogP contribution in [0.4, 0.5) is 13.2 Å². The average molecular weight is 360 g/mol. The lowest BCUT2D eigenvalue weighted by atomic mass is 10.2. The van der Waals surface area contributed by atoms with E-state index in [1.54, 1.807) is 0 Å².